The fraction of sp³-hybridized carbons (Fsp3) is 0.500. The lowest BCUT2D eigenvalue weighted by molar-refractivity contribution is 0.0947. The molecule has 0 unspecified atom stereocenters. The molecule has 1 aromatic heterocycles. The number of sulfonamides is 1. The van der Waals surface area contributed by atoms with Gasteiger partial charge in [0.15, 0.2) is 5.13 Å². The zero-order valence-corrected chi connectivity index (χ0v) is 24.7. The molecule has 0 saturated carbocycles. The predicted molar refractivity (Wildman–Crippen MR) is 155 cm³/mol. The van der Waals surface area contributed by atoms with Crippen molar-refractivity contribution in [3.63, 3.8) is 0 Å². The molecule has 39 heavy (non-hydrogen) atoms. The third-order valence-electron chi connectivity index (χ3n) is 6.61. The Labute approximate surface area is 234 Å². The van der Waals surface area contributed by atoms with Crippen molar-refractivity contribution >= 4 is 42.6 Å². The Bertz CT molecular complexity index is 1360. The number of carbonyl (C=O) groups is 1. The minimum absolute atomic E-state index is 0.203. The molecule has 0 spiro atoms. The second-order valence-electron chi connectivity index (χ2n) is 10.8. The van der Waals surface area contributed by atoms with Gasteiger partial charge in [0.1, 0.15) is 11.3 Å². The first-order valence-corrected chi connectivity index (χ1v) is 15.7. The third kappa shape index (κ3) is 7.33. The van der Waals surface area contributed by atoms with Crippen LogP contribution in [0.1, 0.15) is 38.1 Å². The van der Waals surface area contributed by atoms with E-state index in [4.69, 9.17) is 0 Å². The minimum atomic E-state index is -3.63. The number of hydrogen-bond acceptors (Lipinski definition) is 7. The summed E-state index contributed by atoms with van der Waals surface area (Å²) < 4.78 is 42.8. The number of nitrogens with one attached hydrogen (secondary N) is 1. The molecule has 3 aromatic rings. The van der Waals surface area contributed by atoms with Crippen LogP contribution in [0.25, 0.3) is 10.2 Å². The van der Waals surface area contributed by atoms with Crippen LogP contribution in [-0.2, 0) is 10.0 Å². The number of para-hydroxylation sites is 1. The van der Waals surface area contributed by atoms with Crippen molar-refractivity contribution in [1.82, 2.24) is 19.5 Å². The standard InChI is InChI=1S/C28H38FN5O3S2/c1-20(2)18-34(19-21(3)4)39(36,37)23-10-8-22(9-11-23)27(35)30-12-13-32-14-16-33(17-15-32)28-31-26-24(29)6-5-7-25(26)38-28/h5-11,20-21H,12-19H2,1-4H3,(H,30,35). The van der Waals surface area contributed by atoms with E-state index in [1.165, 1.54) is 33.8 Å². The van der Waals surface area contributed by atoms with Gasteiger partial charge in [0.05, 0.1) is 9.60 Å². The number of halogens is 1. The van der Waals surface area contributed by atoms with E-state index in [9.17, 15) is 17.6 Å². The van der Waals surface area contributed by atoms with Crippen molar-refractivity contribution in [3.05, 3.63) is 53.8 Å². The average Bonchev–Trinajstić information content (AvgIpc) is 3.34. The van der Waals surface area contributed by atoms with Gasteiger partial charge in [-0.3, -0.25) is 9.69 Å². The summed E-state index contributed by atoms with van der Waals surface area (Å²) in [6, 6.07) is 11.2. The lowest BCUT2D eigenvalue weighted by Crippen LogP contribution is -2.48. The molecule has 1 saturated heterocycles. The summed E-state index contributed by atoms with van der Waals surface area (Å²) in [5.74, 6) is -0.0950. The topological polar surface area (TPSA) is 85.8 Å². The van der Waals surface area contributed by atoms with Gasteiger partial charge in [0.25, 0.3) is 5.91 Å². The van der Waals surface area contributed by atoms with Crippen LogP contribution in [0.3, 0.4) is 0 Å². The molecule has 1 amide bonds. The molecule has 4 rings (SSSR count). The Kier molecular flexibility index (Phi) is 9.58. The first-order chi connectivity index (χ1) is 18.5. The third-order valence-corrected chi connectivity index (χ3v) is 9.53. The molecule has 1 fully saturated rings. The lowest BCUT2D eigenvalue weighted by atomic mass is 10.2. The molecule has 1 N–H and O–H groups in total. The SMILES string of the molecule is CC(C)CN(CC(C)C)S(=O)(=O)c1ccc(C(=O)NCCN2CCN(c3nc4c(F)cccc4s3)CC2)cc1. The van der Waals surface area contributed by atoms with Gasteiger partial charge in [0, 0.05) is 57.9 Å². The summed E-state index contributed by atoms with van der Waals surface area (Å²) in [4.78, 5) is 21.8. The molecule has 1 aliphatic rings. The normalized spacial score (nSPS) is 15.1. The molecule has 2 aromatic carbocycles. The number of fused-ring (bicyclic) bond motifs is 1. The van der Waals surface area contributed by atoms with Gasteiger partial charge in [-0.25, -0.2) is 17.8 Å². The van der Waals surface area contributed by atoms with E-state index in [1.54, 1.807) is 18.2 Å². The number of hydrogen-bond donors (Lipinski definition) is 1. The van der Waals surface area contributed by atoms with Gasteiger partial charge in [-0.05, 0) is 48.2 Å². The first kappa shape index (κ1) is 29.4. The maximum atomic E-state index is 14.0. The Morgan fingerprint density at radius 3 is 2.26 bits per heavy atom. The monoisotopic (exact) mass is 575 g/mol. The van der Waals surface area contributed by atoms with Crippen molar-refractivity contribution in [1.29, 1.82) is 0 Å². The van der Waals surface area contributed by atoms with Gasteiger partial charge < -0.3 is 10.2 Å². The van der Waals surface area contributed by atoms with Crippen molar-refractivity contribution in [2.24, 2.45) is 11.8 Å². The fourth-order valence-corrected chi connectivity index (χ4v) is 7.44. The molecule has 8 nitrogen and oxygen atoms in total. The molecular weight excluding hydrogens is 537 g/mol. The maximum Gasteiger partial charge on any atom is 0.251 e. The molecule has 11 heteroatoms. The van der Waals surface area contributed by atoms with Crippen molar-refractivity contribution < 1.29 is 17.6 Å². The summed E-state index contributed by atoms with van der Waals surface area (Å²) in [6.45, 7) is 13.3. The molecule has 2 heterocycles. The summed E-state index contributed by atoms with van der Waals surface area (Å²) >= 11 is 1.51. The second-order valence-corrected chi connectivity index (χ2v) is 13.7. The number of piperazine rings is 1. The van der Waals surface area contributed by atoms with Gasteiger partial charge in [-0.1, -0.05) is 45.1 Å². The smallest absolute Gasteiger partial charge is 0.251 e. The largest absolute Gasteiger partial charge is 0.351 e. The summed E-state index contributed by atoms with van der Waals surface area (Å²) in [6.07, 6.45) is 0. The number of anilines is 1. The second kappa shape index (κ2) is 12.7. The molecule has 212 valence electrons. The van der Waals surface area contributed by atoms with Crippen LogP contribution in [-0.4, -0.2) is 80.9 Å². The molecule has 0 radical (unpaired) electrons. The minimum Gasteiger partial charge on any atom is -0.351 e. The van der Waals surface area contributed by atoms with E-state index in [0.29, 0.717) is 37.3 Å². The van der Waals surface area contributed by atoms with Crippen LogP contribution < -0.4 is 10.2 Å². The zero-order valence-electron chi connectivity index (χ0n) is 23.1. The number of thiazole rings is 1. The highest BCUT2D eigenvalue weighted by Crippen LogP contribution is 2.30. The van der Waals surface area contributed by atoms with Crippen LogP contribution in [0.5, 0.6) is 0 Å². The van der Waals surface area contributed by atoms with Gasteiger partial charge >= 0.3 is 0 Å². The van der Waals surface area contributed by atoms with Crippen molar-refractivity contribution in [2.45, 2.75) is 32.6 Å². The quantitative estimate of drug-likeness (QED) is 0.367. The lowest BCUT2D eigenvalue weighted by Gasteiger charge is -2.34. The van der Waals surface area contributed by atoms with Crippen molar-refractivity contribution in [2.75, 3.05) is 57.3 Å². The maximum absolute atomic E-state index is 14.0. The molecular formula is C28H38FN5O3S2. The zero-order chi connectivity index (χ0) is 28.2. The number of carbonyl (C=O) groups excluding carboxylic acids is 1. The van der Waals surface area contributed by atoms with Crippen LogP contribution in [0, 0.1) is 17.7 Å². The Balaban J connectivity index is 1.26. The van der Waals surface area contributed by atoms with E-state index < -0.39 is 10.0 Å². The van der Waals surface area contributed by atoms with E-state index in [2.05, 4.69) is 20.1 Å². The number of aromatic nitrogens is 1. The van der Waals surface area contributed by atoms with E-state index in [1.807, 2.05) is 33.8 Å². The molecule has 1 aliphatic heterocycles. The number of amides is 1. The van der Waals surface area contributed by atoms with Crippen LogP contribution in [0.4, 0.5) is 9.52 Å². The van der Waals surface area contributed by atoms with E-state index >= 15 is 0 Å². The van der Waals surface area contributed by atoms with Gasteiger partial charge in [-0.15, -0.1) is 0 Å². The van der Waals surface area contributed by atoms with Crippen LogP contribution in [0.15, 0.2) is 47.4 Å². The molecule has 0 atom stereocenters. The number of benzene rings is 2. The highest BCUT2D eigenvalue weighted by molar-refractivity contribution is 7.89. The first-order valence-electron chi connectivity index (χ1n) is 13.5. The Morgan fingerprint density at radius 1 is 1.03 bits per heavy atom. The van der Waals surface area contributed by atoms with E-state index in [-0.39, 0.29) is 28.5 Å². The Morgan fingerprint density at radius 2 is 1.67 bits per heavy atom. The number of nitrogens with zero attached hydrogens (tertiary/aromatic N) is 4. The predicted octanol–water partition coefficient (Wildman–Crippen LogP) is 4.29. The fourth-order valence-electron chi connectivity index (χ4n) is 4.64. The van der Waals surface area contributed by atoms with Crippen LogP contribution in [0.2, 0.25) is 0 Å². The summed E-state index contributed by atoms with van der Waals surface area (Å²) in [5.41, 5.74) is 0.859. The molecule has 0 aliphatic carbocycles. The summed E-state index contributed by atoms with van der Waals surface area (Å²) in [5, 5.41) is 3.78. The van der Waals surface area contributed by atoms with Crippen LogP contribution >= 0.6 is 11.3 Å². The highest BCUT2D eigenvalue weighted by atomic mass is 32.2. The van der Waals surface area contributed by atoms with Gasteiger partial charge in [-0.2, -0.15) is 4.31 Å². The average molecular weight is 576 g/mol. The summed E-state index contributed by atoms with van der Waals surface area (Å²) in [7, 11) is -3.63. The van der Waals surface area contributed by atoms with Gasteiger partial charge in [0.2, 0.25) is 10.0 Å². The van der Waals surface area contributed by atoms with E-state index in [0.717, 1.165) is 36.0 Å². The molecule has 0 bridgehead atoms. The number of rotatable bonds is 11. The Hall–Kier alpha value is -2.60. The highest BCUT2D eigenvalue weighted by Gasteiger charge is 2.26. The van der Waals surface area contributed by atoms with Crippen molar-refractivity contribution in [3.8, 4) is 0 Å².